The van der Waals surface area contributed by atoms with E-state index in [-0.39, 0.29) is 5.97 Å². The fraction of sp³-hybridized carbons (Fsp3) is 0.182. The lowest BCUT2D eigenvalue weighted by molar-refractivity contribution is 0.0529. The van der Waals surface area contributed by atoms with Crippen molar-refractivity contribution in [2.45, 2.75) is 6.92 Å². The van der Waals surface area contributed by atoms with Crippen molar-refractivity contribution >= 4 is 43.3 Å². The summed E-state index contributed by atoms with van der Waals surface area (Å²) >= 11 is 5.00. The molecule has 15 heavy (non-hydrogen) atoms. The van der Waals surface area contributed by atoms with E-state index in [9.17, 15) is 4.79 Å². The lowest BCUT2D eigenvalue weighted by Gasteiger charge is -1.99. The van der Waals surface area contributed by atoms with Crippen LogP contribution in [-0.4, -0.2) is 12.6 Å². The summed E-state index contributed by atoms with van der Waals surface area (Å²) in [5, 5.41) is 2.79. The van der Waals surface area contributed by atoms with Gasteiger partial charge in [0.2, 0.25) is 0 Å². The summed E-state index contributed by atoms with van der Waals surface area (Å²) in [7, 11) is 0. The van der Waals surface area contributed by atoms with Gasteiger partial charge < -0.3 is 4.74 Å². The van der Waals surface area contributed by atoms with E-state index in [1.54, 1.807) is 11.3 Å². The molecule has 2 aromatic rings. The van der Waals surface area contributed by atoms with Gasteiger partial charge in [-0.2, -0.15) is 0 Å². The molecule has 0 aliphatic heterocycles. The lowest BCUT2D eigenvalue weighted by atomic mass is 10.2. The Bertz CT molecular complexity index is 504. The topological polar surface area (TPSA) is 26.3 Å². The second kappa shape index (κ2) is 4.33. The van der Waals surface area contributed by atoms with Gasteiger partial charge in [0.1, 0.15) is 0 Å². The molecule has 0 aliphatic carbocycles. The van der Waals surface area contributed by atoms with Crippen molar-refractivity contribution in [3.63, 3.8) is 0 Å². The first-order chi connectivity index (χ1) is 7.24. The highest BCUT2D eigenvalue weighted by molar-refractivity contribution is 9.10. The number of hydrogen-bond donors (Lipinski definition) is 0. The Morgan fingerprint density at radius 3 is 3.07 bits per heavy atom. The molecule has 1 aromatic heterocycles. The van der Waals surface area contributed by atoms with E-state index in [0.717, 1.165) is 14.6 Å². The number of fused-ring (bicyclic) bond motifs is 1. The third-order valence-electron chi connectivity index (χ3n) is 2.05. The lowest BCUT2D eigenvalue weighted by Crippen LogP contribution is -2.03. The number of esters is 1. The van der Waals surface area contributed by atoms with E-state index in [1.165, 1.54) is 0 Å². The first-order valence-electron chi connectivity index (χ1n) is 4.57. The van der Waals surface area contributed by atoms with E-state index in [4.69, 9.17) is 4.74 Å². The third kappa shape index (κ3) is 1.92. The summed E-state index contributed by atoms with van der Waals surface area (Å²) in [6, 6.07) is 5.82. The van der Waals surface area contributed by atoms with Crippen LogP contribution in [0, 0.1) is 0 Å². The summed E-state index contributed by atoms with van der Waals surface area (Å²) in [6.45, 7) is 2.21. The minimum absolute atomic E-state index is 0.248. The number of hydrogen-bond acceptors (Lipinski definition) is 3. The van der Waals surface area contributed by atoms with Gasteiger partial charge in [0.15, 0.2) is 0 Å². The minimum Gasteiger partial charge on any atom is -0.462 e. The highest BCUT2D eigenvalue weighted by atomic mass is 79.9. The molecule has 0 spiro atoms. The Morgan fingerprint density at radius 2 is 2.33 bits per heavy atom. The first kappa shape index (κ1) is 10.6. The van der Waals surface area contributed by atoms with Crippen LogP contribution in [0.3, 0.4) is 0 Å². The number of halogens is 1. The zero-order chi connectivity index (χ0) is 10.8. The van der Waals surface area contributed by atoms with Gasteiger partial charge in [-0.05, 0) is 28.9 Å². The Kier molecular flexibility index (Phi) is 3.07. The average Bonchev–Trinajstić information content (AvgIpc) is 2.63. The van der Waals surface area contributed by atoms with Gasteiger partial charge in [0.25, 0.3) is 0 Å². The van der Waals surface area contributed by atoms with Crippen molar-refractivity contribution in [3.05, 3.63) is 33.6 Å². The number of ether oxygens (including phenoxy) is 1. The van der Waals surface area contributed by atoms with Gasteiger partial charge >= 0.3 is 5.97 Å². The van der Waals surface area contributed by atoms with Crippen LogP contribution in [0.25, 0.3) is 10.1 Å². The molecule has 0 atom stereocenters. The molecule has 0 amide bonds. The van der Waals surface area contributed by atoms with E-state index in [2.05, 4.69) is 15.9 Å². The molecule has 2 nitrogen and oxygen atoms in total. The summed E-state index contributed by atoms with van der Waals surface area (Å²) in [5.74, 6) is -0.248. The van der Waals surface area contributed by atoms with Crippen LogP contribution in [0.1, 0.15) is 17.3 Å². The number of carbonyl (C=O) groups excluding carboxylic acids is 1. The summed E-state index contributed by atoms with van der Waals surface area (Å²) in [5.41, 5.74) is 0.651. The van der Waals surface area contributed by atoms with Gasteiger partial charge in [-0.3, -0.25) is 0 Å². The van der Waals surface area contributed by atoms with Crippen molar-refractivity contribution in [3.8, 4) is 0 Å². The molecular formula is C11H9BrO2S. The van der Waals surface area contributed by atoms with Crippen LogP contribution >= 0.6 is 27.3 Å². The van der Waals surface area contributed by atoms with Crippen LogP contribution in [0.5, 0.6) is 0 Å². The predicted octanol–water partition coefficient (Wildman–Crippen LogP) is 3.84. The number of thiophene rings is 1. The number of carbonyl (C=O) groups is 1. The Morgan fingerprint density at radius 1 is 1.53 bits per heavy atom. The molecule has 1 heterocycles. The molecule has 0 N–H and O–H groups in total. The normalized spacial score (nSPS) is 10.5. The molecule has 0 aliphatic rings. The molecule has 2 rings (SSSR count). The molecule has 0 bridgehead atoms. The molecule has 4 heteroatoms. The van der Waals surface area contributed by atoms with E-state index < -0.39 is 0 Å². The molecule has 78 valence electrons. The SMILES string of the molecule is CCOC(=O)c1csc2c(Br)cccc12. The van der Waals surface area contributed by atoms with Crippen LogP contribution < -0.4 is 0 Å². The Labute approximate surface area is 100.0 Å². The van der Waals surface area contributed by atoms with Gasteiger partial charge in [-0.15, -0.1) is 11.3 Å². The van der Waals surface area contributed by atoms with Crippen LogP contribution in [0.4, 0.5) is 0 Å². The second-order valence-electron chi connectivity index (χ2n) is 2.99. The molecule has 0 saturated heterocycles. The standard InChI is InChI=1S/C11H9BrO2S/c1-2-14-11(13)8-6-15-10-7(8)4-3-5-9(10)12/h3-6H,2H2,1H3. The van der Waals surface area contributed by atoms with Crippen LogP contribution in [-0.2, 0) is 4.74 Å². The Hall–Kier alpha value is -0.870. The van der Waals surface area contributed by atoms with E-state index in [1.807, 2.05) is 30.5 Å². The summed E-state index contributed by atoms with van der Waals surface area (Å²) in [4.78, 5) is 11.6. The number of benzene rings is 1. The largest absolute Gasteiger partial charge is 0.462 e. The predicted molar refractivity (Wildman–Crippen MR) is 65.5 cm³/mol. The molecule has 0 radical (unpaired) electrons. The fourth-order valence-electron chi connectivity index (χ4n) is 1.39. The van der Waals surface area contributed by atoms with Crippen LogP contribution in [0.2, 0.25) is 0 Å². The fourth-order valence-corrected chi connectivity index (χ4v) is 2.98. The number of rotatable bonds is 2. The maximum absolute atomic E-state index is 11.6. The molecule has 0 saturated carbocycles. The summed E-state index contributed by atoms with van der Waals surface area (Å²) in [6.07, 6.45) is 0. The monoisotopic (exact) mass is 284 g/mol. The molecule has 0 fully saturated rings. The van der Waals surface area contributed by atoms with Crippen molar-refractivity contribution in [1.29, 1.82) is 0 Å². The molecule has 0 unspecified atom stereocenters. The Balaban J connectivity index is 2.54. The van der Waals surface area contributed by atoms with Gasteiger partial charge in [-0.25, -0.2) is 4.79 Å². The highest BCUT2D eigenvalue weighted by Crippen LogP contribution is 2.32. The quantitative estimate of drug-likeness (QED) is 0.784. The van der Waals surface area contributed by atoms with E-state index >= 15 is 0 Å². The summed E-state index contributed by atoms with van der Waals surface area (Å²) < 4.78 is 7.08. The van der Waals surface area contributed by atoms with Crippen molar-refractivity contribution in [2.24, 2.45) is 0 Å². The van der Waals surface area contributed by atoms with E-state index in [0.29, 0.717) is 12.2 Å². The van der Waals surface area contributed by atoms with Crippen LogP contribution in [0.15, 0.2) is 28.1 Å². The molecule has 1 aromatic carbocycles. The van der Waals surface area contributed by atoms with Crippen molar-refractivity contribution in [1.82, 2.24) is 0 Å². The van der Waals surface area contributed by atoms with Crippen molar-refractivity contribution < 1.29 is 9.53 Å². The maximum Gasteiger partial charge on any atom is 0.339 e. The third-order valence-corrected chi connectivity index (χ3v) is 4.00. The first-order valence-corrected chi connectivity index (χ1v) is 6.24. The maximum atomic E-state index is 11.6. The average molecular weight is 285 g/mol. The zero-order valence-corrected chi connectivity index (χ0v) is 10.5. The zero-order valence-electron chi connectivity index (χ0n) is 8.12. The smallest absolute Gasteiger partial charge is 0.339 e. The minimum atomic E-state index is -0.248. The highest BCUT2D eigenvalue weighted by Gasteiger charge is 2.13. The second-order valence-corrected chi connectivity index (χ2v) is 4.72. The van der Waals surface area contributed by atoms with Gasteiger partial charge in [0.05, 0.1) is 12.2 Å². The van der Waals surface area contributed by atoms with Gasteiger partial charge in [0, 0.05) is 19.9 Å². The molecular weight excluding hydrogens is 276 g/mol. The van der Waals surface area contributed by atoms with Gasteiger partial charge in [-0.1, -0.05) is 12.1 Å². The van der Waals surface area contributed by atoms with Crippen molar-refractivity contribution in [2.75, 3.05) is 6.61 Å².